The van der Waals surface area contributed by atoms with Gasteiger partial charge in [-0.25, -0.2) is 13.6 Å². The molecule has 0 aliphatic carbocycles. The summed E-state index contributed by atoms with van der Waals surface area (Å²) in [4.78, 5) is 12.0. The molecule has 0 bridgehead atoms. The topological polar surface area (TPSA) is 44.8 Å². The van der Waals surface area contributed by atoms with Gasteiger partial charge < -0.3 is 14.2 Å². The fraction of sp³-hybridized carbons (Fsp3) is 0.278. The molecule has 25 heavy (non-hydrogen) atoms. The summed E-state index contributed by atoms with van der Waals surface area (Å²) >= 11 is 3.25. The van der Waals surface area contributed by atoms with E-state index in [1.54, 1.807) is 30.3 Å². The quantitative estimate of drug-likeness (QED) is 0.553. The summed E-state index contributed by atoms with van der Waals surface area (Å²) in [6.07, 6.45) is -0.560. The van der Waals surface area contributed by atoms with E-state index >= 15 is 0 Å². The van der Waals surface area contributed by atoms with E-state index in [-0.39, 0.29) is 24.1 Å². The highest BCUT2D eigenvalue weighted by Crippen LogP contribution is 2.37. The molecule has 0 spiro atoms. The summed E-state index contributed by atoms with van der Waals surface area (Å²) in [5.41, 5.74) is 0.514. The number of hydrogen-bond donors (Lipinski definition) is 0. The Labute approximate surface area is 151 Å². The van der Waals surface area contributed by atoms with Crippen molar-refractivity contribution in [2.24, 2.45) is 0 Å². The van der Waals surface area contributed by atoms with Crippen molar-refractivity contribution in [3.63, 3.8) is 0 Å². The molecule has 0 radical (unpaired) electrons. The van der Waals surface area contributed by atoms with E-state index in [1.165, 1.54) is 6.07 Å². The molecular weight excluding hydrogens is 398 g/mol. The molecule has 3 rings (SSSR count). The summed E-state index contributed by atoms with van der Waals surface area (Å²) in [5, 5.41) is 0.145. The van der Waals surface area contributed by atoms with Crippen molar-refractivity contribution in [3.8, 4) is 0 Å². The van der Waals surface area contributed by atoms with Crippen molar-refractivity contribution in [1.29, 1.82) is 0 Å². The molecule has 1 aliphatic rings. The van der Waals surface area contributed by atoms with Crippen LogP contribution in [0.15, 0.2) is 48.5 Å². The first kappa shape index (κ1) is 18.0. The minimum atomic E-state index is -1.39. The van der Waals surface area contributed by atoms with Crippen molar-refractivity contribution >= 4 is 21.9 Å². The molecule has 2 unspecified atom stereocenters. The Morgan fingerprint density at radius 3 is 2.68 bits per heavy atom. The highest BCUT2D eigenvalue weighted by molar-refractivity contribution is 9.09. The molecule has 2 atom stereocenters. The molecular formula is C18H15BrF2O4. The number of benzene rings is 2. The van der Waals surface area contributed by atoms with Crippen LogP contribution < -0.4 is 0 Å². The molecule has 0 saturated carbocycles. The van der Waals surface area contributed by atoms with Crippen LogP contribution in [0, 0.1) is 11.6 Å². The molecule has 0 N–H and O–H groups in total. The summed E-state index contributed by atoms with van der Waals surface area (Å²) in [6.45, 7) is 0.0791. The Bertz CT molecular complexity index is 756. The molecule has 2 aromatic carbocycles. The lowest BCUT2D eigenvalue weighted by Gasteiger charge is -2.26. The number of esters is 1. The van der Waals surface area contributed by atoms with E-state index in [0.29, 0.717) is 5.56 Å². The molecule has 2 aromatic rings. The van der Waals surface area contributed by atoms with Gasteiger partial charge in [0, 0.05) is 11.6 Å². The molecule has 1 aliphatic heterocycles. The van der Waals surface area contributed by atoms with Gasteiger partial charge in [-0.3, -0.25) is 0 Å². The van der Waals surface area contributed by atoms with Crippen LogP contribution in [0.25, 0.3) is 0 Å². The van der Waals surface area contributed by atoms with E-state index in [2.05, 4.69) is 15.9 Å². The van der Waals surface area contributed by atoms with Crippen LogP contribution in [0.3, 0.4) is 0 Å². The summed E-state index contributed by atoms with van der Waals surface area (Å²) in [6, 6.07) is 11.7. The van der Waals surface area contributed by atoms with E-state index in [0.717, 1.165) is 12.1 Å². The molecule has 7 heteroatoms. The first-order valence-corrected chi connectivity index (χ1v) is 8.72. The van der Waals surface area contributed by atoms with E-state index in [9.17, 15) is 13.6 Å². The maximum atomic E-state index is 14.1. The Kier molecular flexibility index (Phi) is 5.46. The van der Waals surface area contributed by atoms with Crippen LogP contribution in [0.5, 0.6) is 0 Å². The molecule has 132 valence electrons. The summed E-state index contributed by atoms with van der Waals surface area (Å²) in [5.74, 6) is -3.31. The Balaban J connectivity index is 1.66. The van der Waals surface area contributed by atoms with Crippen molar-refractivity contribution in [2.75, 3.05) is 18.5 Å². The Morgan fingerprint density at radius 1 is 1.24 bits per heavy atom. The van der Waals surface area contributed by atoms with E-state index in [4.69, 9.17) is 14.2 Å². The maximum absolute atomic E-state index is 14.1. The minimum absolute atomic E-state index is 0.0364. The Morgan fingerprint density at radius 2 is 2.00 bits per heavy atom. The van der Waals surface area contributed by atoms with Crippen molar-refractivity contribution < 1.29 is 27.8 Å². The zero-order valence-corrected chi connectivity index (χ0v) is 14.7. The number of ether oxygens (including phenoxy) is 3. The summed E-state index contributed by atoms with van der Waals surface area (Å²) < 4.78 is 43.8. The van der Waals surface area contributed by atoms with Crippen LogP contribution in [0.4, 0.5) is 8.78 Å². The van der Waals surface area contributed by atoms with E-state index < -0.39 is 29.5 Å². The highest BCUT2D eigenvalue weighted by atomic mass is 79.9. The first-order chi connectivity index (χ1) is 12.0. The Hall–Kier alpha value is -1.83. The monoisotopic (exact) mass is 412 g/mol. The van der Waals surface area contributed by atoms with Gasteiger partial charge in [-0.15, -0.1) is 0 Å². The third-order valence-corrected chi connectivity index (χ3v) is 4.52. The second-order valence-corrected chi connectivity index (χ2v) is 6.09. The van der Waals surface area contributed by atoms with Crippen LogP contribution in [0.2, 0.25) is 0 Å². The SMILES string of the molecule is O=C(OCC1COC(CBr)(c2ccc(F)cc2F)O1)c1ccccc1. The van der Waals surface area contributed by atoms with Gasteiger partial charge in [0.1, 0.15) is 24.3 Å². The second kappa shape index (κ2) is 7.59. The average molecular weight is 413 g/mol. The zero-order chi connectivity index (χ0) is 17.9. The van der Waals surface area contributed by atoms with Gasteiger partial charge in [0.25, 0.3) is 0 Å². The van der Waals surface area contributed by atoms with Gasteiger partial charge in [-0.05, 0) is 24.3 Å². The van der Waals surface area contributed by atoms with Gasteiger partial charge in [0.2, 0.25) is 5.79 Å². The van der Waals surface area contributed by atoms with Crippen molar-refractivity contribution in [3.05, 3.63) is 71.3 Å². The fourth-order valence-corrected chi connectivity index (χ4v) is 3.15. The predicted octanol–water partition coefficient (Wildman–Crippen LogP) is 3.78. The highest BCUT2D eigenvalue weighted by Gasteiger charge is 2.44. The smallest absolute Gasteiger partial charge is 0.338 e. The van der Waals surface area contributed by atoms with Crippen LogP contribution in [0.1, 0.15) is 15.9 Å². The summed E-state index contributed by atoms with van der Waals surface area (Å²) in [7, 11) is 0. The lowest BCUT2D eigenvalue weighted by Crippen LogP contribution is -2.32. The van der Waals surface area contributed by atoms with Gasteiger partial charge in [0.05, 0.1) is 17.5 Å². The lowest BCUT2D eigenvalue weighted by atomic mass is 10.1. The molecule has 1 saturated heterocycles. The average Bonchev–Trinajstić information content (AvgIpc) is 3.05. The first-order valence-electron chi connectivity index (χ1n) is 7.59. The molecule has 0 amide bonds. The van der Waals surface area contributed by atoms with Gasteiger partial charge in [-0.2, -0.15) is 0 Å². The fourth-order valence-electron chi connectivity index (χ4n) is 2.55. The standard InChI is InChI=1S/C18H15BrF2O4/c19-11-18(15-7-6-13(20)8-16(15)21)24-10-14(25-18)9-23-17(22)12-4-2-1-3-5-12/h1-8,14H,9-11H2. The lowest BCUT2D eigenvalue weighted by molar-refractivity contribution is -0.162. The normalized spacial score (nSPS) is 22.8. The number of carbonyl (C=O) groups is 1. The van der Waals surface area contributed by atoms with Gasteiger partial charge >= 0.3 is 5.97 Å². The van der Waals surface area contributed by atoms with Gasteiger partial charge in [-0.1, -0.05) is 34.1 Å². The number of rotatable bonds is 5. The third kappa shape index (κ3) is 3.89. The minimum Gasteiger partial charge on any atom is -0.459 e. The maximum Gasteiger partial charge on any atom is 0.338 e. The second-order valence-electron chi connectivity index (χ2n) is 5.53. The van der Waals surface area contributed by atoms with Gasteiger partial charge in [0.15, 0.2) is 0 Å². The number of carbonyl (C=O) groups excluding carboxylic acids is 1. The van der Waals surface area contributed by atoms with Crippen LogP contribution >= 0.6 is 15.9 Å². The largest absolute Gasteiger partial charge is 0.459 e. The third-order valence-electron chi connectivity index (χ3n) is 3.79. The molecule has 1 fully saturated rings. The molecule has 1 heterocycles. The molecule has 0 aromatic heterocycles. The predicted molar refractivity (Wildman–Crippen MR) is 89.4 cm³/mol. The van der Waals surface area contributed by atoms with Crippen LogP contribution in [-0.4, -0.2) is 30.6 Å². The number of hydrogen-bond acceptors (Lipinski definition) is 4. The zero-order valence-electron chi connectivity index (χ0n) is 13.1. The molecule has 4 nitrogen and oxygen atoms in total. The van der Waals surface area contributed by atoms with E-state index in [1.807, 2.05) is 0 Å². The number of halogens is 3. The van der Waals surface area contributed by atoms with Crippen molar-refractivity contribution in [2.45, 2.75) is 11.9 Å². The van der Waals surface area contributed by atoms with Crippen LogP contribution in [-0.2, 0) is 20.0 Å². The van der Waals surface area contributed by atoms with Crippen molar-refractivity contribution in [1.82, 2.24) is 0 Å². The number of alkyl halides is 1.